The Hall–Kier alpha value is -2.12. The monoisotopic (exact) mass is 372 g/mol. The third kappa shape index (κ3) is 2.98. The second-order valence-electron chi connectivity index (χ2n) is 6.03. The summed E-state index contributed by atoms with van der Waals surface area (Å²) in [5, 5.41) is 20.9. The van der Waals surface area contributed by atoms with E-state index in [2.05, 4.69) is 9.97 Å². The lowest BCUT2D eigenvalue weighted by molar-refractivity contribution is 0.102. The molecule has 0 amide bonds. The topological polar surface area (TPSA) is 83.3 Å². The molecule has 0 saturated carbocycles. The van der Waals surface area contributed by atoms with Gasteiger partial charge in [0.2, 0.25) is 0 Å². The fourth-order valence-corrected chi connectivity index (χ4v) is 5.45. The number of hydrogen-bond donors (Lipinski definition) is 2. The highest BCUT2D eigenvalue weighted by molar-refractivity contribution is 8.00. The summed E-state index contributed by atoms with van der Waals surface area (Å²) < 4.78 is 0. The van der Waals surface area contributed by atoms with Crippen LogP contribution in [0.3, 0.4) is 0 Å². The van der Waals surface area contributed by atoms with Gasteiger partial charge >= 0.3 is 0 Å². The maximum atomic E-state index is 12.4. The molecule has 7 heteroatoms. The predicted molar refractivity (Wildman–Crippen MR) is 99.0 cm³/mol. The molecule has 1 aromatic carbocycles. The lowest BCUT2D eigenvalue weighted by Gasteiger charge is -2.06. The Labute approximate surface area is 152 Å². The zero-order valence-corrected chi connectivity index (χ0v) is 15.2. The van der Waals surface area contributed by atoms with Crippen LogP contribution in [-0.2, 0) is 12.8 Å². The molecule has 0 radical (unpaired) electrons. The number of carbonyl (C=O) groups excluding carboxylic acids is 1. The lowest BCUT2D eigenvalue weighted by Crippen LogP contribution is -2.03. The highest BCUT2D eigenvalue weighted by Gasteiger charge is 2.22. The summed E-state index contributed by atoms with van der Waals surface area (Å²) >= 11 is 3.15. The van der Waals surface area contributed by atoms with Gasteiger partial charge in [0.1, 0.15) is 15.7 Å². The number of Topliss-reactive ketones (excluding diaryl/α,β-unsaturated/α-hetero) is 1. The van der Waals surface area contributed by atoms with Gasteiger partial charge in [-0.25, -0.2) is 9.97 Å². The van der Waals surface area contributed by atoms with Gasteiger partial charge in [0.15, 0.2) is 17.3 Å². The highest BCUT2D eigenvalue weighted by Crippen LogP contribution is 2.40. The average Bonchev–Trinajstić information content (AvgIpc) is 3.15. The normalized spacial score (nSPS) is 13.3. The first-order chi connectivity index (χ1) is 12.0. The number of ketones is 1. The predicted octanol–water partition coefficient (Wildman–Crippen LogP) is 3.87. The van der Waals surface area contributed by atoms with Crippen molar-refractivity contribution < 1.29 is 15.0 Å². The van der Waals surface area contributed by atoms with Crippen molar-refractivity contribution in [1.29, 1.82) is 0 Å². The van der Waals surface area contributed by atoms with Crippen LogP contribution in [0.25, 0.3) is 10.2 Å². The molecule has 4 rings (SSSR count). The Bertz CT molecular complexity index is 998. The van der Waals surface area contributed by atoms with Gasteiger partial charge in [-0.05, 0) is 49.9 Å². The number of rotatable bonds is 4. The minimum Gasteiger partial charge on any atom is -0.504 e. The van der Waals surface area contributed by atoms with Crippen LogP contribution in [0, 0.1) is 6.92 Å². The molecule has 0 atom stereocenters. The quantitative estimate of drug-likeness (QED) is 0.313. The third-order valence-electron chi connectivity index (χ3n) is 4.28. The van der Waals surface area contributed by atoms with E-state index in [9.17, 15) is 15.0 Å². The summed E-state index contributed by atoms with van der Waals surface area (Å²) in [5.41, 5.74) is 1.72. The standard InChI is InChI=1S/C18H16N2O3S2/c1-9-19-17(16-11-3-2-4-15(11)25-18(16)20-9)24-8-14(23)10-5-6-12(21)13(22)7-10/h5-7,21-22H,2-4,8H2,1H3. The summed E-state index contributed by atoms with van der Waals surface area (Å²) in [7, 11) is 0. The van der Waals surface area contributed by atoms with Crippen molar-refractivity contribution in [1.82, 2.24) is 9.97 Å². The molecule has 0 bridgehead atoms. The van der Waals surface area contributed by atoms with Gasteiger partial charge in [0.05, 0.1) is 5.75 Å². The molecule has 2 N–H and O–H groups in total. The molecule has 5 nitrogen and oxygen atoms in total. The zero-order valence-electron chi connectivity index (χ0n) is 13.6. The molecular formula is C18H16N2O3S2. The van der Waals surface area contributed by atoms with E-state index in [1.54, 1.807) is 11.3 Å². The Balaban J connectivity index is 1.62. The first-order valence-electron chi connectivity index (χ1n) is 8.00. The van der Waals surface area contributed by atoms with Gasteiger partial charge in [-0.1, -0.05) is 11.8 Å². The van der Waals surface area contributed by atoms with Crippen molar-refractivity contribution in [3.63, 3.8) is 0 Å². The number of aromatic nitrogens is 2. The van der Waals surface area contributed by atoms with Crippen LogP contribution >= 0.6 is 23.1 Å². The second-order valence-corrected chi connectivity index (χ2v) is 8.08. The summed E-state index contributed by atoms with van der Waals surface area (Å²) in [4.78, 5) is 23.9. The van der Waals surface area contributed by atoms with Crippen molar-refractivity contribution in [2.45, 2.75) is 31.2 Å². The van der Waals surface area contributed by atoms with E-state index in [1.807, 2.05) is 6.92 Å². The number of nitrogens with zero attached hydrogens (tertiary/aromatic N) is 2. The molecule has 0 aliphatic heterocycles. The molecule has 0 fully saturated rings. The number of benzene rings is 1. The minimum atomic E-state index is -0.285. The number of carbonyl (C=O) groups is 1. The SMILES string of the molecule is Cc1nc(SCC(=O)c2ccc(O)c(O)c2)c2c3c(sc2n1)CCC3. The van der Waals surface area contributed by atoms with Gasteiger partial charge in [0, 0.05) is 15.8 Å². The van der Waals surface area contributed by atoms with Gasteiger partial charge < -0.3 is 10.2 Å². The van der Waals surface area contributed by atoms with Crippen LogP contribution in [0.5, 0.6) is 11.5 Å². The molecule has 2 aromatic heterocycles. The van der Waals surface area contributed by atoms with Gasteiger partial charge in [-0.15, -0.1) is 11.3 Å². The number of thioether (sulfide) groups is 1. The van der Waals surface area contributed by atoms with E-state index in [-0.39, 0.29) is 23.0 Å². The van der Waals surface area contributed by atoms with Gasteiger partial charge in [-0.2, -0.15) is 0 Å². The summed E-state index contributed by atoms with van der Waals surface area (Å²) in [5.74, 6) is 0.305. The van der Waals surface area contributed by atoms with E-state index in [4.69, 9.17) is 0 Å². The number of hydrogen-bond acceptors (Lipinski definition) is 7. The largest absolute Gasteiger partial charge is 0.504 e. The molecule has 25 heavy (non-hydrogen) atoms. The van der Waals surface area contributed by atoms with Crippen molar-refractivity contribution >= 4 is 39.1 Å². The van der Waals surface area contributed by atoms with E-state index in [0.717, 1.165) is 28.1 Å². The van der Waals surface area contributed by atoms with E-state index >= 15 is 0 Å². The third-order valence-corrected chi connectivity index (χ3v) is 6.44. The number of aromatic hydroxyl groups is 2. The molecule has 0 unspecified atom stereocenters. The van der Waals surface area contributed by atoms with Crippen LogP contribution in [0.1, 0.15) is 33.0 Å². The zero-order chi connectivity index (χ0) is 17.6. The van der Waals surface area contributed by atoms with Crippen molar-refractivity contribution in [3.05, 3.63) is 40.0 Å². The first kappa shape index (κ1) is 16.4. The number of phenolic OH excluding ortho intramolecular Hbond substituents is 2. The van der Waals surface area contributed by atoms with Gasteiger partial charge in [0.25, 0.3) is 0 Å². The number of fused-ring (bicyclic) bond motifs is 3. The number of aryl methyl sites for hydroxylation is 3. The molecule has 2 heterocycles. The second kappa shape index (κ2) is 6.31. The number of thiophene rings is 1. The average molecular weight is 372 g/mol. The van der Waals surface area contributed by atoms with E-state index in [1.165, 1.54) is 46.8 Å². The minimum absolute atomic E-state index is 0.114. The van der Waals surface area contributed by atoms with Gasteiger partial charge in [-0.3, -0.25) is 4.79 Å². The van der Waals surface area contributed by atoms with Crippen molar-refractivity contribution in [3.8, 4) is 11.5 Å². The van der Waals surface area contributed by atoms with Crippen molar-refractivity contribution in [2.75, 3.05) is 5.75 Å². The van der Waals surface area contributed by atoms with Crippen LogP contribution < -0.4 is 0 Å². The molecule has 0 spiro atoms. The molecule has 0 saturated heterocycles. The molecule has 1 aliphatic rings. The molecule has 128 valence electrons. The number of phenols is 2. The molecule has 1 aliphatic carbocycles. The summed E-state index contributed by atoms with van der Waals surface area (Å²) in [6, 6.07) is 4.13. The molecule has 3 aromatic rings. The van der Waals surface area contributed by atoms with E-state index in [0.29, 0.717) is 11.4 Å². The Morgan fingerprint density at radius 1 is 1.24 bits per heavy atom. The van der Waals surface area contributed by atoms with Crippen LogP contribution in [0.2, 0.25) is 0 Å². The highest BCUT2D eigenvalue weighted by atomic mass is 32.2. The Morgan fingerprint density at radius 2 is 2.08 bits per heavy atom. The van der Waals surface area contributed by atoms with Crippen LogP contribution in [0.15, 0.2) is 23.2 Å². The Morgan fingerprint density at radius 3 is 2.88 bits per heavy atom. The molecular weight excluding hydrogens is 356 g/mol. The lowest BCUT2D eigenvalue weighted by atomic mass is 10.1. The maximum absolute atomic E-state index is 12.4. The smallest absolute Gasteiger partial charge is 0.173 e. The van der Waals surface area contributed by atoms with E-state index < -0.39 is 0 Å². The van der Waals surface area contributed by atoms with Crippen LogP contribution in [-0.4, -0.2) is 31.7 Å². The van der Waals surface area contributed by atoms with Crippen molar-refractivity contribution in [2.24, 2.45) is 0 Å². The fourth-order valence-electron chi connectivity index (χ4n) is 3.08. The maximum Gasteiger partial charge on any atom is 0.173 e. The summed E-state index contributed by atoms with van der Waals surface area (Å²) in [6.07, 6.45) is 3.32. The summed E-state index contributed by atoms with van der Waals surface area (Å²) in [6.45, 7) is 1.87. The fraction of sp³-hybridized carbons (Fsp3) is 0.278. The Kier molecular flexibility index (Phi) is 4.13. The first-order valence-corrected chi connectivity index (χ1v) is 9.80. The van der Waals surface area contributed by atoms with Crippen LogP contribution in [0.4, 0.5) is 0 Å².